The van der Waals surface area contributed by atoms with Crippen LogP contribution in [0.2, 0.25) is 0 Å². The Labute approximate surface area is 128 Å². The molecule has 2 aliphatic rings. The van der Waals surface area contributed by atoms with Gasteiger partial charge in [-0.15, -0.1) is 0 Å². The van der Waals surface area contributed by atoms with Crippen molar-refractivity contribution in [2.24, 2.45) is 0 Å². The molecule has 22 heavy (non-hydrogen) atoms. The molecule has 1 aromatic heterocycles. The smallest absolute Gasteiger partial charge is 0.287 e. The fourth-order valence-corrected chi connectivity index (χ4v) is 3.35. The van der Waals surface area contributed by atoms with E-state index in [9.17, 15) is 4.79 Å². The van der Waals surface area contributed by atoms with E-state index >= 15 is 0 Å². The summed E-state index contributed by atoms with van der Waals surface area (Å²) >= 11 is 0. The highest BCUT2D eigenvalue weighted by Gasteiger charge is 2.35. The molecule has 1 amide bonds. The van der Waals surface area contributed by atoms with Crippen LogP contribution in [0.15, 0.2) is 34.7 Å². The first kappa shape index (κ1) is 13.8. The van der Waals surface area contributed by atoms with E-state index in [1.807, 2.05) is 24.3 Å². The number of hydrogen-bond acceptors (Lipinski definition) is 4. The Balaban J connectivity index is 1.43. The molecule has 1 saturated carbocycles. The van der Waals surface area contributed by atoms with E-state index in [0.29, 0.717) is 19.0 Å². The lowest BCUT2D eigenvalue weighted by molar-refractivity contribution is -0.157. The first-order valence-corrected chi connectivity index (χ1v) is 7.82. The van der Waals surface area contributed by atoms with Crippen LogP contribution in [0.3, 0.4) is 0 Å². The molecule has 4 rings (SSSR count). The van der Waals surface area contributed by atoms with Crippen LogP contribution in [0.5, 0.6) is 0 Å². The molecule has 2 aromatic rings. The minimum absolute atomic E-state index is 0.100. The number of carbonyl (C=O) groups excluding carboxylic acids is 1. The van der Waals surface area contributed by atoms with E-state index in [1.165, 1.54) is 0 Å². The number of amides is 1. The third-order valence-electron chi connectivity index (χ3n) is 4.46. The highest BCUT2D eigenvalue weighted by Crippen LogP contribution is 2.27. The van der Waals surface area contributed by atoms with Gasteiger partial charge in [0.15, 0.2) is 5.76 Å². The molecule has 1 aromatic carbocycles. The standard InChI is InChI=1S/C17H19NO4/c19-17(16-9-11-3-1-2-4-13(11)22-16)18-12-5-6-14-15(10-12)21-8-7-20-14/h1-4,9,12,14-15H,5-8,10H2,(H,18,19). The lowest BCUT2D eigenvalue weighted by Crippen LogP contribution is -2.49. The zero-order valence-electron chi connectivity index (χ0n) is 12.3. The van der Waals surface area contributed by atoms with E-state index in [0.717, 1.165) is 30.2 Å². The second kappa shape index (κ2) is 5.74. The molecule has 5 heteroatoms. The van der Waals surface area contributed by atoms with Crippen molar-refractivity contribution in [2.75, 3.05) is 13.2 Å². The van der Waals surface area contributed by atoms with Crippen LogP contribution in [-0.2, 0) is 9.47 Å². The van der Waals surface area contributed by atoms with Gasteiger partial charge in [0, 0.05) is 11.4 Å². The highest BCUT2D eigenvalue weighted by atomic mass is 16.6. The summed E-state index contributed by atoms with van der Waals surface area (Å²) in [5, 5.41) is 4.01. The number of para-hydroxylation sites is 1. The average Bonchev–Trinajstić information content (AvgIpc) is 2.99. The molecule has 0 spiro atoms. The molecule has 3 unspecified atom stereocenters. The van der Waals surface area contributed by atoms with Crippen molar-refractivity contribution < 1.29 is 18.7 Å². The normalized spacial score (nSPS) is 28.3. The zero-order chi connectivity index (χ0) is 14.9. The summed E-state index contributed by atoms with van der Waals surface area (Å²) < 4.78 is 17.1. The maximum absolute atomic E-state index is 12.4. The molecule has 1 aliphatic heterocycles. The number of nitrogens with one attached hydrogen (secondary N) is 1. The van der Waals surface area contributed by atoms with Gasteiger partial charge in [-0.2, -0.15) is 0 Å². The Morgan fingerprint density at radius 3 is 2.77 bits per heavy atom. The number of carbonyl (C=O) groups is 1. The number of fused-ring (bicyclic) bond motifs is 2. The van der Waals surface area contributed by atoms with Crippen molar-refractivity contribution in [2.45, 2.75) is 37.5 Å². The molecule has 2 heterocycles. The third-order valence-corrected chi connectivity index (χ3v) is 4.46. The molecule has 5 nitrogen and oxygen atoms in total. The second-order valence-electron chi connectivity index (χ2n) is 5.95. The Kier molecular flexibility index (Phi) is 3.60. The summed E-state index contributed by atoms with van der Waals surface area (Å²) in [6.45, 7) is 1.32. The minimum Gasteiger partial charge on any atom is -0.451 e. The van der Waals surface area contributed by atoms with Gasteiger partial charge < -0.3 is 19.2 Å². The van der Waals surface area contributed by atoms with Crippen LogP contribution < -0.4 is 5.32 Å². The van der Waals surface area contributed by atoms with Gasteiger partial charge in [-0.3, -0.25) is 4.79 Å². The predicted molar refractivity (Wildman–Crippen MR) is 80.8 cm³/mol. The van der Waals surface area contributed by atoms with Crippen molar-refractivity contribution in [1.29, 1.82) is 0 Å². The number of furan rings is 1. The van der Waals surface area contributed by atoms with Gasteiger partial charge in [-0.1, -0.05) is 18.2 Å². The van der Waals surface area contributed by atoms with Gasteiger partial charge in [0.2, 0.25) is 0 Å². The van der Waals surface area contributed by atoms with E-state index in [4.69, 9.17) is 13.9 Å². The lowest BCUT2D eigenvalue weighted by atomic mass is 9.89. The first-order valence-electron chi connectivity index (χ1n) is 7.82. The third kappa shape index (κ3) is 2.62. The molecule has 1 saturated heterocycles. The van der Waals surface area contributed by atoms with Crippen molar-refractivity contribution in [3.63, 3.8) is 0 Å². The molecule has 3 atom stereocenters. The number of hydrogen-bond donors (Lipinski definition) is 1. The molecular formula is C17H19NO4. The average molecular weight is 301 g/mol. The quantitative estimate of drug-likeness (QED) is 0.926. The van der Waals surface area contributed by atoms with E-state index < -0.39 is 0 Å². The van der Waals surface area contributed by atoms with Gasteiger partial charge >= 0.3 is 0 Å². The number of benzene rings is 1. The fourth-order valence-electron chi connectivity index (χ4n) is 3.35. The van der Waals surface area contributed by atoms with Crippen molar-refractivity contribution >= 4 is 16.9 Å². The Morgan fingerprint density at radius 1 is 1.09 bits per heavy atom. The van der Waals surface area contributed by atoms with Crippen molar-refractivity contribution in [3.8, 4) is 0 Å². The monoisotopic (exact) mass is 301 g/mol. The van der Waals surface area contributed by atoms with E-state index in [1.54, 1.807) is 6.07 Å². The zero-order valence-corrected chi connectivity index (χ0v) is 12.3. The second-order valence-corrected chi connectivity index (χ2v) is 5.95. The molecular weight excluding hydrogens is 282 g/mol. The van der Waals surface area contributed by atoms with Gasteiger partial charge in [0.05, 0.1) is 25.4 Å². The highest BCUT2D eigenvalue weighted by molar-refractivity contribution is 5.96. The molecule has 0 bridgehead atoms. The summed E-state index contributed by atoms with van der Waals surface area (Å²) in [7, 11) is 0. The summed E-state index contributed by atoms with van der Waals surface area (Å²) in [6.07, 6.45) is 2.93. The SMILES string of the molecule is O=C(NC1CCC2OCCOC2C1)c1cc2ccccc2o1. The summed E-state index contributed by atoms with van der Waals surface area (Å²) in [5.41, 5.74) is 0.736. The van der Waals surface area contributed by atoms with Crippen molar-refractivity contribution in [3.05, 3.63) is 36.1 Å². The Hall–Kier alpha value is -1.85. The molecule has 0 radical (unpaired) electrons. The van der Waals surface area contributed by atoms with Gasteiger partial charge in [0.25, 0.3) is 5.91 Å². The van der Waals surface area contributed by atoms with Crippen LogP contribution in [-0.4, -0.2) is 37.4 Å². The van der Waals surface area contributed by atoms with Gasteiger partial charge in [0.1, 0.15) is 5.58 Å². The maximum atomic E-state index is 12.4. The minimum atomic E-state index is -0.156. The maximum Gasteiger partial charge on any atom is 0.287 e. The molecule has 116 valence electrons. The van der Waals surface area contributed by atoms with Crippen LogP contribution in [0, 0.1) is 0 Å². The Bertz CT molecular complexity index is 647. The van der Waals surface area contributed by atoms with E-state index in [-0.39, 0.29) is 24.2 Å². The number of ether oxygens (including phenoxy) is 2. The summed E-state index contributed by atoms with van der Waals surface area (Å²) in [6, 6.07) is 9.54. The van der Waals surface area contributed by atoms with Gasteiger partial charge in [-0.05, 0) is 31.4 Å². The largest absolute Gasteiger partial charge is 0.451 e. The molecule has 2 fully saturated rings. The van der Waals surface area contributed by atoms with E-state index in [2.05, 4.69) is 5.32 Å². The van der Waals surface area contributed by atoms with Crippen molar-refractivity contribution in [1.82, 2.24) is 5.32 Å². The lowest BCUT2D eigenvalue weighted by Gasteiger charge is -2.38. The van der Waals surface area contributed by atoms with Crippen LogP contribution in [0.1, 0.15) is 29.8 Å². The molecule has 1 aliphatic carbocycles. The molecule has 1 N–H and O–H groups in total. The van der Waals surface area contributed by atoms with Gasteiger partial charge in [-0.25, -0.2) is 0 Å². The topological polar surface area (TPSA) is 60.7 Å². The predicted octanol–water partition coefficient (Wildman–Crippen LogP) is 2.50. The van der Waals surface area contributed by atoms with Crippen LogP contribution in [0.4, 0.5) is 0 Å². The summed E-state index contributed by atoms with van der Waals surface area (Å²) in [5.74, 6) is 0.209. The number of rotatable bonds is 2. The summed E-state index contributed by atoms with van der Waals surface area (Å²) in [4.78, 5) is 12.4. The van der Waals surface area contributed by atoms with Crippen LogP contribution in [0.25, 0.3) is 11.0 Å². The fraction of sp³-hybridized carbons (Fsp3) is 0.471. The Morgan fingerprint density at radius 2 is 1.91 bits per heavy atom. The van der Waals surface area contributed by atoms with Crippen LogP contribution >= 0.6 is 0 Å². The first-order chi connectivity index (χ1) is 10.8.